The quantitative estimate of drug-likeness (QED) is 0.422. The Bertz CT molecular complexity index is 1160. The zero-order valence-electron chi connectivity index (χ0n) is 13.8. The monoisotopic (exact) mass is 322 g/mol. The van der Waals surface area contributed by atoms with Crippen molar-refractivity contribution in [3.63, 3.8) is 0 Å². The first-order valence-electron chi connectivity index (χ1n) is 8.69. The third-order valence-electron chi connectivity index (χ3n) is 5.32. The molecule has 0 aliphatic heterocycles. The summed E-state index contributed by atoms with van der Waals surface area (Å²) in [5, 5.41) is 17.8. The van der Waals surface area contributed by atoms with Crippen LogP contribution in [0, 0.1) is 0 Å². The van der Waals surface area contributed by atoms with Crippen molar-refractivity contribution in [3.8, 4) is 0 Å². The molecule has 1 heteroatoms. The van der Waals surface area contributed by atoms with E-state index in [1.165, 1.54) is 37.9 Å². The van der Waals surface area contributed by atoms with Crippen molar-refractivity contribution in [2.75, 3.05) is 6.61 Å². The molecule has 0 bridgehead atoms. The van der Waals surface area contributed by atoms with E-state index in [2.05, 4.69) is 66.7 Å². The molecule has 0 saturated carbocycles. The third-order valence-corrected chi connectivity index (χ3v) is 5.32. The average molecular weight is 322 g/mol. The van der Waals surface area contributed by atoms with Gasteiger partial charge in [0.2, 0.25) is 0 Å². The van der Waals surface area contributed by atoms with Crippen LogP contribution in [0.5, 0.6) is 0 Å². The van der Waals surface area contributed by atoms with E-state index in [0.717, 1.165) is 5.56 Å². The molecule has 0 aliphatic carbocycles. The van der Waals surface area contributed by atoms with Crippen LogP contribution in [0.1, 0.15) is 17.0 Å². The summed E-state index contributed by atoms with van der Waals surface area (Å²) < 4.78 is 0. The summed E-state index contributed by atoms with van der Waals surface area (Å²) in [5.74, 6) is -0.00855. The van der Waals surface area contributed by atoms with E-state index in [1.807, 2.05) is 18.2 Å². The maximum atomic E-state index is 10.1. The standard InChI is InChI=1S/C24H18O/c25-15-22(16-5-2-1-3-6-16)20-13-11-19-10-9-17-7-4-8-18-12-14-21(20)24(19)23(17)18/h1-14,22,25H,15H2. The fourth-order valence-corrected chi connectivity index (χ4v) is 4.13. The summed E-state index contributed by atoms with van der Waals surface area (Å²) >= 11 is 0. The highest BCUT2D eigenvalue weighted by molar-refractivity contribution is 6.23. The van der Waals surface area contributed by atoms with Crippen molar-refractivity contribution in [2.24, 2.45) is 0 Å². The first kappa shape index (κ1) is 14.4. The Labute approximate surface area is 146 Å². The topological polar surface area (TPSA) is 20.2 Å². The van der Waals surface area contributed by atoms with Crippen molar-refractivity contribution in [1.29, 1.82) is 0 Å². The van der Waals surface area contributed by atoms with Crippen molar-refractivity contribution < 1.29 is 5.11 Å². The van der Waals surface area contributed by atoms with Gasteiger partial charge in [0.05, 0.1) is 6.61 Å². The Kier molecular flexibility index (Phi) is 3.22. The summed E-state index contributed by atoms with van der Waals surface area (Å²) in [6, 6.07) is 29.9. The lowest BCUT2D eigenvalue weighted by Gasteiger charge is -2.20. The Balaban J connectivity index is 1.87. The van der Waals surface area contributed by atoms with Gasteiger partial charge in [-0.05, 0) is 43.4 Å². The van der Waals surface area contributed by atoms with Gasteiger partial charge < -0.3 is 5.11 Å². The van der Waals surface area contributed by atoms with Crippen molar-refractivity contribution in [2.45, 2.75) is 5.92 Å². The minimum absolute atomic E-state index is 0.00855. The smallest absolute Gasteiger partial charge is 0.0540 e. The molecule has 120 valence electrons. The van der Waals surface area contributed by atoms with E-state index in [-0.39, 0.29) is 12.5 Å². The molecule has 0 heterocycles. The van der Waals surface area contributed by atoms with Gasteiger partial charge in [0.15, 0.2) is 0 Å². The van der Waals surface area contributed by atoms with Gasteiger partial charge in [0.1, 0.15) is 0 Å². The van der Waals surface area contributed by atoms with E-state index >= 15 is 0 Å². The van der Waals surface area contributed by atoms with Crippen LogP contribution in [0.3, 0.4) is 0 Å². The lowest BCUT2D eigenvalue weighted by molar-refractivity contribution is 0.281. The summed E-state index contributed by atoms with van der Waals surface area (Å²) in [5.41, 5.74) is 2.35. The number of aliphatic hydroxyl groups is 1. The SMILES string of the molecule is OCC(c1ccccc1)c1ccc2ccc3cccc4ccc1c2c34. The average Bonchev–Trinajstić information content (AvgIpc) is 2.68. The second kappa shape index (κ2) is 5.58. The molecule has 25 heavy (non-hydrogen) atoms. The van der Waals surface area contributed by atoms with Crippen LogP contribution in [-0.2, 0) is 0 Å². The second-order valence-electron chi connectivity index (χ2n) is 6.66. The first-order valence-corrected chi connectivity index (χ1v) is 8.69. The van der Waals surface area contributed by atoms with Crippen LogP contribution in [0.25, 0.3) is 32.3 Å². The van der Waals surface area contributed by atoms with Crippen LogP contribution in [-0.4, -0.2) is 11.7 Å². The number of benzene rings is 5. The number of hydrogen-bond donors (Lipinski definition) is 1. The van der Waals surface area contributed by atoms with Crippen LogP contribution in [0.15, 0.2) is 84.9 Å². The van der Waals surface area contributed by atoms with Crippen LogP contribution < -0.4 is 0 Å². The summed E-state index contributed by atoms with van der Waals surface area (Å²) in [7, 11) is 0. The molecule has 5 aromatic carbocycles. The highest BCUT2D eigenvalue weighted by Gasteiger charge is 2.18. The molecule has 1 N–H and O–H groups in total. The number of rotatable bonds is 3. The minimum atomic E-state index is -0.00855. The van der Waals surface area contributed by atoms with E-state index in [4.69, 9.17) is 0 Å². The summed E-state index contributed by atoms with van der Waals surface area (Å²) in [6.45, 7) is 0.105. The first-order chi connectivity index (χ1) is 12.4. The molecule has 5 rings (SSSR count). The van der Waals surface area contributed by atoms with Gasteiger partial charge in [-0.25, -0.2) is 0 Å². The number of aliphatic hydroxyl groups excluding tert-OH is 1. The molecule has 0 spiro atoms. The van der Waals surface area contributed by atoms with Crippen LogP contribution in [0.2, 0.25) is 0 Å². The van der Waals surface area contributed by atoms with E-state index < -0.39 is 0 Å². The Morgan fingerprint density at radius 2 is 1.24 bits per heavy atom. The van der Waals surface area contributed by atoms with Gasteiger partial charge in [-0.2, -0.15) is 0 Å². The van der Waals surface area contributed by atoms with Gasteiger partial charge in [-0.3, -0.25) is 0 Å². The molecule has 1 nitrogen and oxygen atoms in total. The normalized spacial score (nSPS) is 13.0. The maximum absolute atomic E-state index is 10.1. The fourth-order valence-electron chi connectivity index (χ4n) is 4.13. The third kappa shape index (κ3) is 2.13. The van der Waals surface area contributed by atoms with Crippen molar-refractivity contribution in [1.82, 2.24) is 0 Å². The van der Waals surface area contributed by atoms with Gasteiger partial charge in [0.25, 0.3) is 0 Å². The van der Waals surface area contributed by atoms with E-state index in [1.54, 1.807) is 0 Å². The highest BCUT2D eigenvalue weighted by atomic mass is 16.3. The minimum Gasteiger partial charge on any atom is -0.395 e. The maximum Gasteiger partial charge on any atom is 0.0540 e. The molecule has 1 unspecified atom stereocenters. The fraction of sp³-hybridized carbons (Fsp3) is 0.0833. The lowest BCUT2D eigenvalue weighted by atomic mass is 9.85. The summed E-state index contributed by atoms with van der Waals surface area (Å²) in [6.07, 6.45) is 0. The Morgan fingerprint density at radius 1 is 0.600 bits per heavy atom. The molecular weight excluding hydrogens is 304 g/mol. The van der Waals surface area contributed by atoms with Gasteiger partial charge >= 0.3 is 0 Å². The van der Waals surface area contributed by atoms with Crippen LogP contribution in [0.4, 0.5) is 0 Å². The Hall–Kier alpha value is -2.90. The molecule has 0 radical (unpaired) electrons. The molecule has 1 atom stereocenters. The molecule has 0 amide bonds. The van der Waals surface area contributed by atoms with E-state index in [0.29, 0.717) is 0 Å². The molecule has 0 saturated heterocycles. The predicted molar refractivity (Wildman–Crippen MR) is 106 cm³/mol. The molecule has 0 aromatic heterocycles. The molecule has 0 fully saturated rings. The van der Waals surface area contributed by atoms with E-state index in [9.17, 15) is 5.11 Å². The van der Waals surface area contributed by atoms with Crippen LogP contribution >= 0.6 is 0 Å². The van der Waals surface area contributed by atoms with Gasteiger partial charge in [-0.1, -0.05) is 84.9 Å². The van der Waals surface area contributed by atoms with Gasteiger partial charge in [-0.15, -0.1) is 0 Å². The second-order valence-corrected chi connectivity index (χ2v) is 6.66. The highest BCUT2D eigenvalue weighted by Crippen LogP contribution is 2.39. The van der Waals surface area contributed by atoms with Gasteiger partial charge in [0, 0.05) is 5.92 Å². The van der Waals surface area contributed by atoms with Crippen molar-refractivity contribution >= 4 is 32.3 Å². The zero-order valence-corrected chi connectivity index (χ0v) is 13.8. The molecular formula is C24H18O. The zero-order chi connectivity index (χ0) is 16.8. The van der Waals surface area contributed by atoms with Crippen molar-refractivity contribution in [3.05, 3.63) is 96.1 Å². The lowest BCUT2D eigenvalue weighted by Crippen LogP contribution is -2.06. The largest absolute Gasteiger partial charge is 0.395 e. The molecule has 0 aliphatic rings. The Morgan fingerprint density at radius 3 is 1.96 bits per heavy atom. The predicted octanol–water partition coefficient (Wildman–Crippen LogP) is 5.71. The molecule has 5 aromatic rings. The number of hydrogen-bond acceptors (Lipinski definition) is 1. The summed E-state index contributed by atoms with van der Waals surface area (Å²) in [4.78, 5) is 0.